The van der Waals surface area contributed by atoms with Gasteiger partial charge in [0.25, 0.3) is 0 Å². The molecule has 2 rings (SSSR count). The van der Waals surface area contributed by atoms with Crippen LogP contribution in [0.1, 0.15) is 5.56 Å². The molecule has 0 fully saturated rings. The molecule has 0 aliphatic carbocycles. The van der Waals surface area contributed by atoms with Gasteiger partial charge in [-0.3, -0.25) is 4.79 Å². The highest BCUT2D eigenvalue weighted by atomic mass is 35.5. The predicted octanol–water partition coefficient (Wildman–Crippen LogP) is 4.08. The van der Waals surface area contributed by atoms with Crippen LogP contribution in [0, 0.1) is 6.92 Å². The van der Waals surface area contributed by atoms with Crippen molar-refractivity contribution >= 4 is 35.0 Å². The molecule has 0 radical (unpaired) electrons. The monoisotopic (exact) mass is 307 g/mol. The lowest BCUT2D eigenvalue weighted by Gasteiger charge is -2.07. The molecule has 5 heteroatoms. The first kappa shape index (κ1) is 14.8. The van der Waals surface area contributed by atoms with Crippen molar-refractivity contribution in [2.45, 2.75) is 11.8 Å². The Morgan fingerprint density at radius 3 is 2.65 bits per heavy atom. The number of carbonyl (C=O) groups excluding carboxylic acids is 1. The zero-order valence-electron chi connectivity index (χ0n) is 10.9. The normalized spacial score (nSPS) is 10.3. The van der Waals surface area contributed by atoms with Crippen molar-refractivity contribution in [3.63, 3.8) is 0 Å². The molecule has 0 heterocycles. The summed E-state index contributed by atoms with van der Waals surface area (Å²) in [5, 5.41) is 12.7. The van der Waals surface area contributed by atoms with Crippen LogP contribution < -0.4 is 5.32 Å². The zero-order chi connectivity index (χ0) is 14.5. The Labute approximate surface area is 127 Å². The van der Waals surface area contributed by atoms with E-state index in [1.165, 1.54) is 29.5 Å². The van der Waals surface area contributed by atoms with Crippen molar-refractivity contribution in [2.75, 3.05) is 11.1 Å². The molecule has 3 nitrogen and oxygen atoms in total. The summed E-state index contributed by atoms with van der Waals surface area (Å²) in [6.07, 6.45) is 0. The van der Waals surface area contributed by atoms with E-state index in [0.29, 0.717) is 10.7 Å². The molecule has 20 heavy (non-hydrogen) atoms. The van der Waals surface area contributed by atoms with E-state index < -0.39 is 0 Å². The Kier molecular flexibility index (Phi) is 4.93. The number of amides is 1. The predicted molar refractivity (Wildman–Crippen MR) is 83.6 cm³/mol. The number of halogens is 1. The fraction of sp³-hybridized carbons (Fsp3) is 0.133. The number of thioether (sulfide) groups is 1. The van der Waals surface area contributed by atoms with Gasteiger partial charge in [0.2, 0.25) is 5.91 Å². The number of hydrogen-bond donors (Lipinski definition) is 2. The summed E-state index contributed by atoms with van der Waals surface area (Å²) in [7, 11) is 0. The summed E-state index contributed by atoms with van der Waals surface area (Å²) >= 11 is 7.26. The maximum Gasteiger partial charge on any atom is 0.234 e. The second-order valence-corrected chi connectivity index (χ2v) is 5.80. The standard InChI is InChI=1S/C15H14ClNO2S/c1-10-2-5-12(6-3-10)20-9-15(19)17-13-8-11(16)4-7-14(13)18/h2-8,18H,9H2,1H3,(H,17,19). The Morgan fingerprint density at radius 1 is 1.25 bits per heavy atom. The summed E-state index contributed by atoms with van der Waals surface area (Å²) in [6.45, 7) is 2.02. The van der Waals surface area contributed by atoms with E-state index >= 15 is 0 Å². The van der Waals surface area contributed by atoms with Crippen molar-refractivity contribution in [2.24, 2.45) is 0 Å². The number of anilines is 1. The van der Waals surface area contributed by atoms with Gasteiger partial charge >= 0.3 is 0 Å². The van der Waals surface area contributed by atoms with E-state index in [1.807, 2.05) is 31.2 Å². The smallest absolute Gasteiger partial charge is 0.234 e. The molecular formula is C15H14ClNO2S. The summed E-state index contributed by atoms with van der Waals surface area (Å²) < 4.78 is 0. The molecule has 2 N–H and O–H groups in total. The van der Waals surface area contributed by atoms with Gasteiger partial charge in [0.1, 0.15) is 5.75 Å². The Hall–Kier alpha value is -1.65. The number of aryl methyl sites for hydroxylation is 1. The largest absolute Gasteiger partial charge is 0.506 e. The second-order valence-electron chi connectivity index (χ2n) is 4.31. The molecule has 0 aliphatic rings. The van der Waals surface area contributed by atoms with Crippen LogP contribution in [0.4, 0.5) is 5.69 Å². The summed E-state index contributed by atoms with van der Waals surface area (Å²) in [5.74, 6) is 0.0888. The SMILES string of the molecule is Cc1ccc(SCC(=O)Nc2cc(Cl)ccc2O)cc1. The molecule has 2 aromatic carbocycles. The van der Waals surface area contributed by atoms with E-state index in [9.17, 15) is 9.90 Å². The quantitative estimate of drug-likeness (QED) is 0.661. The van der Waals surface area contributed by atoms with Gasteiger partial charge in [0.15, 0.2) is 0 Å². The first-order valence-corrected chi connectivity index (χ1v) is 7.39. The van der Waals surface area contributed by atoms with Crippen molar-refractivity contribution < 1.29 is 9.90 Å². The minimum absolute atomic E-state index is 0.00286. The molecule has 0 unspecified atom stereocenters. The van der Waals surface area contributed by atoms with E-state index in [4.69, 9.17) is 11.6 Å². The molecule has 0 bridgehead atoms. The molecule has 0 spiro atoms. The lowest BCUT2D eigenvalue weighted by atomic mass is 10.2. The fourth-order valence-corrected chi connectivity index (χ4v) is 2.45. The third-order valence-corrected chi connectivity index (χ3v) is 3.87. The van der Waals surface area contributed by atoms with Gasteiger partial charge in [-0.2, -0.15) is 0 Å². The number of phenolic OH excluding ortho intramolecular Hbond substituents is 1. The first-order chi connectivity index (χ1) is 9.54. The number of nitrogens with one attached hydrogen (secondary N) is 1. The van der Waals surface area contributed by atoms with Crippen LogP contribution >= 0.6 is 23.4 Å². The minimum Gasteiger partial charge on any atom is -0.506 e. The number of carbonyl (C=O) groups is 1. The molecule has 1 amide bonds. The molecule has 2 aromatic rings. The van der Waals surface area contributed by atoms with Gasteiger partial charge in [-0.1, -0.05) is 29.3 Å². The summed E-state index contributed by atoms with van der Waals surface area (Å²) in [6, 6.07) is 12.5. The molecule has 0 saturated carbocycles. The third kappa shape index (κ3) is 4.18. The minimum atomic E-state index is -0.187. The summed E-state index contributed by atoms with van der Waals surface area (Å²) in [5.41, 5.74) is 1.51. The zero-order valence-corrected chi connectivity index (χ0v) is 12.5. The first-order valence-electron chi connectivity index (χ1n) is 6.02. The number of rotatable bonds is 4. The van der Waals surface area contributed by atoms with Gasteiger partial charge in [0, 0.05) is 9.92 Å². The number of phenols is 1. The average Bonchev–Trinajstić information content (AvgIpc) is 2.42. The van der Waals surface area contributed by atoms with E-state index in [-0.39, 0.29) is 17.4 Å². The molecule has 0 aliphatic heterocycles. The van der Waals surface area contributed by atoms with Crippen LogP contribution in [0.3, 0.4) is 0 Å². The van der Waals surface area contributed by atoms with Gasteiger partial charge in [-0.05, 0) is 37.3 Å². The Morgan fingerprint density at radius 2 is 1.95 bits per heavy atom. The molecule has 0 aromatic heterocycles. The van der Waals surface area contributed by atoms with Crippen molar-refractivity contribution in [3.8, 4) is 5.75 Å². The van der Waals surface area contributed by atoms with Gasteiger partial charge in [0.05, 0.1) is 11.4 Å². The Bertz CT molecular complexity index is 614. The molecular weight excluding hydrogens is 294 g/mol. The van der Waals surface area contributed by atoms with Crippen LogP contribution in [0.25, 0.3) is 0 Å². The van der Waals surface area contributed by atoms with E-state index in [1.54, 1.807) is 6.07 Å². The van der Waals surface area contributed by atoms with Crippen LogP contribution in [0.5, 0.6) is 5.75 Å². The molecule has 104 valence electrons. The number of benzene rings is 2. The van der Waals surface area contributed by atoms with Crippen LogP contribution in [-0.4, -0.2) is 16.8 Å². The van der Waals surface area contributed by atoms with Crippen LogP contribution in [0.2, 0.25) is 5.02 Å². The lowest BCUT2D eigenvalue weighted by Crippen LogP contribution is -2.14. The maximum atomic E-state index is 11.8. The Balaban J connectivity index is 1.92. The highest BCUT2D eigenvalue weighted by Crippen LogP contribution is 2.27. The average molecular weight is 308 g/mol. The highest BCUT2D eigenvalue weighted by molar-refractivity contribution is 8.00. The third-order valence-electron chi connectivity index (χ3n) is 2.62. The van der Waals surface area contributed by atoms with Crippen LogP contribution in [-0.2, 0) is 4.79 Å². The van der Waals surface area contributed by atoms with Gasteiger partial charge in [-0.15, -0.1) is 11.8 Å². The summed E-state index contributed by atoms with van der Waals surface area (Å²) in [4.78, 5) is 12.9. The molecule has 0 saturated heterocycles. The van der Waals surface area contributed by atoms with E-state index in [0.717, 1.165) is 4.90 Å². The van der Waals surface area contributed by atoms with Crippen molar-refractivity contribution in [1.29, 1.82) is 0 Å². The van der Waals surface area contributed by atoms with Gasteiger partial charge < -0.3 is 10.4 Å². The van der Waals surface area contributed by atoms with Crippen LogP contribution in [0.15, 0.2) is 47.4 Å². The van der Waals surface area contributed by atoms with Gasteiger partial charge in [-0.25, -0.2) is 0 Å². The fourth-order valence-electron chi connectivity index (χ4n) is 1.58. The highest BCUT2D eigenvalue weighted by Gasteiger charge is 2.07. The molecule has 0 atom stereocenters. The topological polar surface area (TPSA) is 49.3 Å². The van der Waals surface area contributed by atoms with Crippen molar-refractivity contribution in [3.05, 3.63) is 53.1 Å². The maximum absolute atomic E-state index is 11.8. The number of hydrogen-bond acceptors (Lipinski definition) is 3. The lowest BCUT2D eigenvalue weighted by molar-refractivity contribution is -0.113. The number of aromatic hydroxyl groups is 1. The van der Waals surface area contributed by atoms with Crippen molar-refractivity contribution in [1.82, 2.24) is 0 Å². The second kappa shape index (κ2) is 6.68. The van der Waals surface area contributed by atoms with E-state index in [2.05, 4.69) is 5.32 Å².